The van der Waals surface area contributed by atoms with Crippen LogP contribution in [0.5, 0.6) is 0 Å². The zero-order valence-electron chi connectivity index (χ0n) is 16.4. The van der Waals surface area contributed by atoms with Crippen LogP contribution in [-0.4, -0.2) is 22.6 Å². The van der Waals surface area contributed by atoms with Crippen molar-refractivity contribution in [1.82, 2.24) is 9.55 Å². The molecule has 0 N–H and O–H groups in total. The summed E-state index contributed by atoms with van der Waals surface area (Å²) >= 11 is 1.41. The molecule has 7 heteroatoms. The van der Waals surface area contributed by atoms with Crippen molar-refractivity contribution in [3.05, 3.63) is 92.6 Å². The fourth-order valence-corrected chi connectivity index (χ4v) is 3.92. The van der Waals surface area contributed by atoms with Gasteiger partial charge in [0, 0.05) is 30.5 Å². The molecule has 0 aliphatic heterocycles. The number of hydrogen-bond acceptors (Lipinski definition) is 5. The van der Waals surface area contributed by atoms with Gasteiger partial charge in [0.1, 0.15) is 5.82 Å². The van der Waals surface area contributed by atoms with E-state index in [1.165, 1.54) is 35.6 Å². The predicted molar refractivity (Wildman–Crippen MR) is 111 cm³/mol. The standard InChI is InChI=1S/C22H21FN2O3S/c1-14-19(12-15-6-5-9-18(23)11-15)20(26)25(2)22(24-14)29-13-16-7-4-8-17(10-16)21(27)28-3/h4-11H,12-13H2,1-3H3. The molecule has 0 unspecified atom stereocenters. The summed E-state index contributed by atoms with van der Waals surface area (Å²) < 4.78 is 19.7. The molecule has 1 heterocycles. The lowest BCUT2D eigenvalue weighted by molar-refractivity contribution is 0.0600. The van der Waals surface area contributed by atoms with Crippen LogP contribution in [0.25, 0.3) is 0 Å². The highest BCUT2D eigenvalue weighted by Crippen LogP contribution is 2.22. The number of thioether (sulfide) groups is 1. The van der Waals surface area contributed by atoms with Gasteiger partial charge in [-0.2, -0.15) is 0 Å². The third kappa shape index (κ3) is 4.92. The molecular formula is C22H21FN2O3S. The zero-order valence-corrected chi connectivity index (χ0v) is 17.3. The van der Waals surface area contributed by atoms with E-state index in [9.17, 15) is 14.0 Å². The molecular weight excluding hydrogens is 391 g/mol. The van der Waals surface area contributed by atoms with Gasteiger partial charge in [0.05, 0.1) is 12.7 Å². The zero-order chi connectivity index (χ0) is 21.0. The summed E-state index contributed by atoms with van der Waals surface area (Å²) in [5, 5.41) is 0.582. The summed E-state index contributed by atoms with van der Waals surface area (Å²) in [5.41, 5.74) is 3.17. The second kappa shape index (κ2) is 9.05. The van der Waals surface area contributed by atoms with Crippen LogP contribution >= 0.6 is 11.8 Å². The summed E-state index contributed by atoms with van der Waals surface area (Å²) in [5.74, 6) is -0.167. The number of rotatable bonds is 6. The van der Waals surface area contributed by atoms with Crippen molar-refractivity contribution in [2.45, 2.75) is 24.3 Å². The second-order valence-corrected chi connectivity index (χ2v) is 7.55. The summed E-state index contributed by atoms with van der Waals surface area (Å²) in [7, 11) is 3.02. The van der Waals surface area contributed by atoms with Gasteiger partial charge in [0.2, 0.25) is 0 Å². The molecule has 3 aromatic rings. The normalized spacial score (nSPS) is 10.8. The van der Waals surface area contributed by atoms with Crippen LogP contribution in [0.4, 0.5) is 4.39 Å². The Hall–Kier alpha value is -2.93. The van der Waals surface area contributed by atoms with Gasteiger partial charge in [-0.25, -0.2) is 14.2 Å². The van der Waals surface area contributed by atoms with E-state index in [1.807, 2.05) is 6.07 Å². The molecule has 2 aromatic carbocycles. The average Bonchev–Trinajstić information content (AvgIpc) is 2.72. The number of esters is 1. The van der Waals surface area contributed by atoms with E-state index in [0.717, 1.165) is 11.1 Å². The first-order chi connectivity index (χ1) is 13.9. The van der Waals surface area contributed by atoms with Crippen molar-refractivity contribution in [3.63, 3.8) is 0 Å². The van der Waals surface area contributed by atoms with E-state index in [1.54, 1.807) is 44.3 Å². The largest absolute Gasteiger partial charge is 0.465 e. The molecule has 0 aliphatic rings. The van der Waals surface area contributed by atoms with Crippen molar-refractivity contribution in [2.75, 3.05) is 7.11 Å². The molecule has 0 bridgehead atoms. The Bertz CT molecular complexity index is 1110. The van der Waals surface area contributed by atoms with Crippen LogP contribution in [0.15, 0.2) is 58.5 Å². The lowest BCUT2D eigenvalue weighted by Gasteiger charge is -2.12. The number of benzene rings is 2. The molecule has 0 amide bonds. The smallest absolute Gasteiger partial charge is 0.337 e. The summed E-state index contributed by atoms with van der Waals surface area (Å²) in [6.07, 6.45) is 0.329. The van der Waals surface area contributed by atoms with Gasteiger partial charge >= 0.3 is 5.97 Å². The molecule has 3 rings (SSSR count). The first kappa shape index (κ1) is 20.8. The summed E-state index contributed by atoms with van der Waals surface area (Å²) in [6.45, 7) is 1.79. The number of ether oxygens (including phenoxy) is 1. The van der Waals surface area contributed by atoms with Crippen LogP contribution < -0.4 is 5.56 Å². The Morgan fingerprint density at radius 3 is 2.62 bits per heavy atom. The van der Waals surface area contributed by atoms with E-state index in [0.29, 0.717) is 34.2 Å². The monoisotopic (exact) mass is 412 g/mol. The third-order valence-electron chi connectivity index (χ3n) is 4.54. The molecule has 0 aliphatic carbocycles. The molecule has 0 fully saturated rings. The maximum absolute atomic E-state index is 13.4. The number of aromatic nitrogens is 2. The molecule has 0 saturated carbocycles. The van der Waals surface area contributed by atoms with Gasteiger partial charge in [-0.1, -0.05) is 36.0 Å². The van der Waals surface area contributed by atoms with Crippen molar-refractivity contribution in [3.8, 4) is 0 Å². The number of halogens is 1. The molecule has 0 radical (unpaired) electrons. The van der Waals surface area contributed by atoms with Crippen molar-refractivity contribution < 1.29 is 13.9 Å². The first-order valence-corrected chi connectivity index (χ1v) is 9.98. The fraction of sp³-hybridized carbons (Fsp3) is 0.227. The van der Waals surface area contributed by atoms with Crippen molar-refractivity contribution in [2.24, 2.45) is 7.05 Å². The SMILES string of the molecule is COC(=O)c1cccc(CSc2nc(C)c(Cc3cccc(F)c3)c(=O)n2C)c1. The quantitative estimate of drug-likeness (QED) is 0.349. The highest BCUT2D eigenvalue weighted by atomic mass is 32.2. The minimum atomic E-state index is -0.389. The van der Waals surface area contributed by atoms with Gasteiger partial charge in [-0.05, 0) is 42.3 Å². The van der Waals surface area contributed by atoms with Crippen molar-refractivity contribution >= 4 is 17.7 Å². The van der Waals surface area contributed by atoms with Crippen molar-refractivity contribution in [1.29, 1.82) is 0 Å². The summed E-state index contributed by atoms with van der Waals surface area (Å²) in [6, 6.07) is 13.4. The highest BCUT2D eigenvalue weighted by Gasteiger charge is 2.14. The van der Waals surface area contributed by atoms with E-state index in [2.05, 4.69) is 4.98 Å². The topological polar surface area (TPSA) is 61.2 Å². The molecule has 0 spiro atoms. The number of hydrogen-bond donors (Lipinski definition) is 0. The van der Waals surface area contributed by atoms with Crippen LogP contribution in [-0.2, 0) is 24.0 Å². The number of aryl methyl sites for hydroxylation is 1. The Morgan fingerprint density at radius 2 is 1.90 bits per heavy atom. The minimum absolute atomic E-state index is 0.146. The maximum atomic E-state index is 13.4. The van der Waals surface area contributed by atoms with E-state index < -0.39 is 0 Å². The van der Waals surface area contributed by atoms with Crippen LogP contribution in [0.3, 0.4) is 0 Å². The maximum Gasteiger partial charge on any atom is 0.337 e. The Kier molecular flexibility index (Phi) is 6.49. The minimum Gasteiger partial charge on any atom is -0.465 e. The van der Waals surface area contributed by atoms with E-state index in [-0.39, 0.29) is 17.3 Å². The van der Waals surface area contributed by atoms with Gasteiger partial charge in [0.15, 0.2) is 5.16 Å². The van der Waals surface area contributed by atoms with Gasteiger partial charge < -0.3 is 4.74 Å². The molecule has 1 aromatic heterocycles. The predicted octanol–water partition coefficient (Wildman–Crippen LogP) is 3.90. The van der Waals surface area contributed by atoms with Gasteiger partial charge in [0.25, 0.3) is 5.56 Å². The highest BCUT2D eigenvalue weighted by molar-refractivity contribution is 7.98. The number of carbonyl (C=O) groups is 1. The van der Waals surface area contributed by atoms with E-state index >= 15 is 0 Å². The van der Waals surface area contributed by atoms with Gasteiger partial charge in [-0.3, -0.25) is 9.36 Å². The third-order valence-corrected chi connectivity index (χ3v) is 5.64. The number of nitrogens with zero attached hydrogens (tertiary/aromatic N) is 2. The number of carbonyl (C=O) groups excluding carboxylic acids is 1. The Balaban J connectivity index is 1.81. The molecule has 0 atom stereocenters. The molecule has 5 nitrogen and oxygen atoms in total. The lowest BCUT2D eigenvalue weighted by atomic mass is 10.1. The van der Waals surface area contributed by atoms with E-state index in [4.69, 9.17) is 4.74 Å². The van der Waals surface area contributed by atoms with Crippen LogP contribution in [0, 0.1) is 12.7 Å². The average molecular weight is 412 g/mol. The molecule has 150 valence electrons. The summed E-state index contributed by atoms with van der Waals surface area (Å²) in [4.78, 5) is 29.1. The second-order valence-electron chi connectivity index (χ2n) is 6.61. The molecule has 0 saturated heterocycles. The number of methoxy groups -OCH3 is 1. The fourth-order valence-electron chi connectivity index (χ4n) is 2.97. The van der Waals surface area contributed by atoms with Gasteiger partial charge in [-0.15, -0.1) is 0 Å². The van der Waals surface area contributed by atoms with Crippen LogP contribution in [0.1, 0.15) is 32.7 Å². The lowest BCUT2D eigenvalue weighted by Crippen LogP contribution is -2.25. The van der Waals surface area contributed by atoms with Crippen LogP contribution in [0.2, 0.25) is 0 Å². The molecule has 29 heavy (non-hydrogen) atoms. The Morgan fingerprint density at radius 1 is 1.17 bits per heavy atom. The first-order valence-electron chi connectivity index (χ1n) is 9.00. The Labute approximate surface area is 172 Å².